The Morgan fingerprint density at radius 3 is 1.10 bits per heavy atom. The molecule has 0 aromatic carbocycles. The molecule has 5 N–H and O–H groups in total. The van der Waals surface area contributed by atoms with Crippen LogP contribution in [0.5, 0.6) is 0 Å². The fourth-order valence-corrected chi connectivity index (χ4v) is 2.45. The topological polar surface area (TPSA) is 168 Å². The molecule has 1 saturated heterocycles. The number of carbonyl (C=O) groups is 4. The van der Waals surface area contributed by atoms with Crippen LogP contribution in [0.3, 0.4) is 0 Å². The van der Waals surface area contributed by atoms with E-state index in [1.807, 2.05) is 0 Å². The van der Waals surface area contributed by atoms with E-state index in [4.69, 9.17) is 20.4 Å². The quantitative estimate of drug-likeness (QED) is 0.164. The molecular weight excluding hydrogens is 486 g/mol. The molecule has 0 saturated carbocycles. The van der Waals surface area contributed by atoms with Crippen molar-refractivity contribution in [1.82, 2.24) is 15.1 Å². The molecule has 0 atom stereocenters. The first-order valence-electron chi connectivity index (χ1n) is 8.73. The second-order valence-electron chi connectivity index (χ2n) is 6.16. The van der Waals surface area contributed by atoms with Crippen molar-refractivity contribution in [1.29, 1.82) is 0 Å². The molecule has 15 heteroatoms. The van der Waals surface area contributed by atoms with Crippen molar-refractivity contribution in [3.8, 4) is 0 Å². The van der Waals surface area contributed by atoms with Gasteiger partial charge in [0.05, 0.1) is 26.2 Å². The number of nitrogens with zero attached hydrogens (tertiary/aromatic N) is 2. The van der Waals surface area contributed by atoms with Crippen LogP contribution in [0, 0.1) is 0 Å². The van der Waals surface area contributed by atoms with Gasteiger partial charge in [0, 0.05) is 13.1 Å². The van der Waals surface area contributed by atoms with Gasteiger partial charge in [0.2, 0.25) is 0 Å². The van der Waals surface area contributed by atoms with Gasteiger partial charge < -0.3 is 31.4 Å². The van der Waals surface area contributed by atoms with Crippen LogP contribution >= 0.6 is 0 Å². The molecule has 0 aromatic heterocycles. The molecule has 31 heavy (non-hydrogen) atoms. The third kappa shape index (κ3) is 33.0. The number of nitrogens with one attached hydrogen (secondary N) is 1. The van der Waals surface area contributed by atoms with Gasteiger partial charge >= 0.3 is 186 Å². The van der Waals surface area contributed by atoms with Crippen LogP contribution in [0.15, 0.2) is 0 Å². The Morgan fingerprint density at radius 2 is 0.871 bits per heavy atom. The molecule has 0 unspecified atom stereocenters. The third-order valence-electron chi connectivity index (χ3n) is 3.63. The van der Waals surface area contributed by atoms with Gasteiger partial charge in [-0.3, -0.25) is 29.0 Å². The molecule has 0 bridgehead atoms. The molecule has 11 nitrogen and oxygen atoms in total. The van der Waals surface area contributed by atoms with Crippen molar-refractivity contribution in [2.24, 2.45) is 0 Å². The standard InChI is InChI=1S/C10H16N2O8.C6H13N.2K.2Na.4H/c13-7(14)3-11(4-8(15)16)1-2-12(5-9(17)18)6-10(19)20;1-2-4-6-7-5-3-1;;;;;;;;/h1-6H2,(H,13,14)(H,15,16)(H,17,18)(H,19,20);7H,1-6H2;;;;;;;;/q;;4*+1;4*-1. The van der Waals surface area contributed by atoms with Crippen LogP contribution in [0.4, 0.5) is 0 Å². The maximum atomic E-state index is 10.6. The van der Waals surface area contributed by atoms with Crippen molar-refractivity contribution in [2.75, 3.05) is 52.4 Å². The summed E-state index contributed by atoms with van der Waals surface area (Å²) in [7, 11) is 0. The van der Waals surface area contributed by atoms with Crippen molar-refractivity contribution in [3.63, 3.8) is 0 Å². The Labute approximate surface area is 318 Å². The number of rotatable bonds is 11. The first kappa shape index (κ1) is 44.1. The van der Waals surface area contributed by atoms with Crippen LogP contribution < -0.4 is 167 Å². The van der Waals surface area contributed by atoms with E-state index in [9.17, 15) is 19.2 Å². The maximum Gasteiger partial charge on any atom is 1.00 e. The van der Waals surface area contributed by atoms with E-state index in [1.54, 1.807) is 0 Å². The van der Waals surface area contributed by atoms with Crippen LogP contribution in [0.1, 0.15) is 31.4 Å². The predicted octanol–water partition coefficient (Wildman–Crippen LogP) is -12.5. The fraction of sp³-hybridized carbons (Fsp3) is 0.750. The number of hydrogen-bond donors (Lipinski definition) is 5. The van der Waals surface area contributed by atoms with E-state index in [0.717, 1.165) is 9.80 Å². The van der Waals surface area contributed by atoms with Gasteiger partial charge in [-0.25, -0.2) is 0 Å². The summed E-state index contributed by atoms with van der Waals surface area (Å²) in [6.07, 6.45) is 5.65. The number of hydrogen-bond acceptors (Lipinski definition) is 7. The van der Waals surface area contributed by atoms with Gasteiger partial charge in [-0.1, -0.05) is 12.8 Å². The van der Waals surface area contributed by atoms with Gasteiger partial charge in [-0.2, -0.15) is 0 Å². The van der Waals surface area contributed by atoms with Crippen LogP contribution in [0.2, 0.25) is 0 Å². The minimum Gasteiger partial charge on any atom is -1.00 e. The number of carboxylic acids is 4. The van der Waals surface area contributed by atoms with Gasteiger partial charge in [0.1, 0.15) is 0 Å². The normalized spacial score (nSPS) is 12.3. The van der Waals surface area contributed by atoms with Crippen LogP contribution in [-0.2, 0) is 19.2 Å². The summed E-state index contributed by atoms with van der Waals surface area (Å²) < 4.78 is 0. The molecule has 1 rings (SSSR count). The van der Waals surface area contributed by atoms with Gasteiger partial charge in [0.15, 0.2) is 0 Å². The van der Waals surface area contributed by atoms with E-state index in [0.29, 0.717) is 0 Å². The van der Waals surface area contributed by atoms with Gasteiger partial charge in [-0.05, 0) is 25.9 Å². The second-order valence-corrected chi connectivity index (χ2v) is 6.16. The maximum absolute atomic E-state index is 10.6. The zero-order valence-corrected chi connectivity index (χ0v) is 29.5. The second kappa shape index (κ2) is 29.3. The minimum absolute atomic E-state index is 0. The molecule has 0 amide bonds. The van der Waals surface area contributed by atoms with Crippen molar-refractivity contribution in [2.45, 2.75) is 25.7 Å². The molecule has 164 valence electrons. The summed E-state index contributed by atoms with van der Waals surface area (Å²) >= 11 is 0. The van der Waals surface area contributed by atoms with Crippen molar-refractivity contribution in [3.05, 3.63) is 0 Å². The SMILES string of the molecule is C1CCCNCC1.O=C(O)CN(CCN(CC(=O)O)CC(=O)O)CC(=O)O.[H-].[H-].[H-].[H-].[K+].[K+].[Na+].[Na+]. The van der Waals surface area contributed by atoms with Crippen molar-refractivity contribution >= 4 is 23.9 Å². The molecule has 0 aliphatic carbocycles. The average Bonchev–Trinajstić information content (AvgIpc) is 2.83. The van der Waals surface area contributed by atoms with Crippen LogP contribution in [-0.4, -0.2) is 106 Å². The summed E-state index contributed by atoms with van der Waals surface area (Å²) in [4.78, 5) is 44.4. The molecule has 0 radical (unpaired) electrons. The van der Waals surface area contributed by atoms with E-state index < -0.39 is 50.1 Å². The van der Waals surface area contributed by atoms with E-state index in [2.05, 4.69) is 5.32 Å². The van der Waals surface area contributed by atoms with E-state index in [1.165, 1.54) is 38.8 Å². The molecule has 1 heterocycles. The zero-order valence-electron chi connectivity index (χ0n) is 23.3. The summed E-state index contributed by atoms with van der Waals surface area (Å²) in [6.45, 7) is 0.249. The average molecular weight is 520 g/mol. The van der Waals surface area contributed by atoms with Crippen LogP contribution in [0.25, 0.3) is 0 Å². The Bertz CT molecular complexity index is 438. The molecule has 1 fully saturated rings. The molecule has 0 spiro atoms. The summed E-state index contributed by atoms with van der Waals surface area (Å²) in [5.41, 5.74) is 0. The minimum atomic E-state index is -1.23. The van der Waals surface area contributed by atoms with E-state index >= 15 is 0 Å². The smallest absolute Gasteiger partial charge is 1.00 e. The predicted molar refractivity (Wildman–Crippen MR) is 99.2 cm³/mol. The first-order valence-corrected chi connectivity index (χ1v) is 8.73. The van der Waals surface area contributed by atoms with Crippen molar-refractivity contribution < 1.29 is 207 Å². The summed E-state index contributed by atoms with van der Waals surface area (Å²) in [5, 5.41) is 37.8. The number of aliphatic carboxylic acids is 4. The third-order valence-corrected chi connectivity index (χ3v) is 3.63. The largest absolute Gasteiger partial charge is 1.00 e. The molecule has 1 aliphatic heterocycles. The number of carboxylic acid groups (broad SMARTS) is 4. The molecular formula is C16H33K2N3Na2O8. The Balaban J connectivity index is -0.0000000563. The zero-order chi connectivity index (χ0) is 20.7. The Morgan fingerprint density at radius 1 is 0.613 bits per heavy atom. The summed E-state index contributed by atoms with van der Waals surface area (Å²) in [5.74, 6) is -4.91. The summed E-state index contributed by atoms with van der Waals surface area (Å²) in [6, 6.07) is 0. The Hall–Kier alpha value is 3.03. The molecule has 0 aromatic rings. The molecule has 1 aliphatic rings. The Kier molecular flexibility index (Phi) is 41.6. The van der Waals surface area contributed by atoms with Gasteiger partial charge in [-0.15, -0.1) is 0 Å². The first-order chi connectivity index (χ1) is 12.7. The van der Waals surface area contributed by atoms with Gasteiger partial charge in [0.25, 0.3) is 0 Å². The monoisotopic (exact) mass is 519 g/mol. The fourth-order valence-electron chi connectivity index (χ4n) is 2.45. The van der Waals surface area contributed by atoms with E-state index in [-0.39, 0.29) is 181 Å².